The highest BCUT2D eigenvalue weighted by molar-refractivity contribution is 5.67. The molecule has 0 bridgehead atoms. The van der Waals surface area contributed by atoms with E-state index in [1.165, 1.54) is 12.8 Å². The fourth-order valence-corrected chi connectivity index (χ4v) is 3.54. The molecule has 1 atom stereocenters. The van der Waals surface area contributed by atoms with Crippen molar-refractivity contribution in [2.24, 2.45) is 0 Å². The third-order valence-electron chi connectivity index (χ3n) is 4.93. The molecule has 1 unspecified atom stereocenters. The van der Waals surface area contributed by atoms with E-state index in [0.29, 0.717) is 11.0 Å². The van der Waals surface area contributed by atoms with Gasteiger partial charge in [-0.25, -0.2) is 4.79 Å². The molecule has 0 aromatic heterocycles. The molecule has 24 heavy (non-hydrogen) atoms. The van der Waals surface area contributed by atoms with Gasteiger partial charge in [-0.3, -0.25) is 0 Å². The summed E-state index contributed by atoms with van der Waals surface area (Å²) >= 11 is 0. The fraction of sp³-hybridized carbons (Fsp3) is 0.950. The number of hydrogen-bond acceptors (Lipinski definition) is 2. The third-order valence-corrected chi connectivity index (χ3v) is 4.93. The Morgan fingerprint density at radius 2 is 1.33 bits per heavy atom. The average Bonchev–Trinajstić information content (AvgIpc) is 2.51. The van der Waals surface area contributed by atoms with Crippen LogP contribution in [-0.2, 0) is 4.79 Å². The third kappa shape index (κ3) is 11.9. The van der Waals surface area contributed by atoms with Crippen LogP contribution in [0.5, 0.6) is 0 Å². The van der Waals surface area contributed by atoms with Crippen LogP contribution in [-0.4, -0.2) is 52.9 Å². The molecular weight excluding hydrogens is 302 g/mol. The van der Waals surface area contributed by atoms with Gasteiger partial charge in [-0.2, -0.15) is 0 Å². The molecule has 0 aliphatic carbocycles. The van der Waals surface area contributed by atoms with E-state index in [0.717, 1.165) is 70.9 Å². The number of carboxylic acid groups (broad SMARTS) is 1. The van der Waals surface area contributed by atoms with Gasteiger partial charge in [-0.1, -0.05) is 59.3 Å². The monoisotopic (exact) mass is 344 g/mol. The van der Waals surface area contributed by atoms with Crippen molar-refractivity contribution in [1.29, 1.82) is 0 Å². The quantitative estimate of drug-likeness (QED) is 0.299. The highest BCUT2D eigenvalue weighted by Gasteiger charge is 2.32. The highest BCUT2D eigenvalue weighted by Crippen LogP contribution is 2.17. The molecule has 0 heterocycles. The topological polar surface area (TPSA) is 57.5 Å². The van der Waals surface area contributed by atoms with Crippen molar-refractivity contribution in [3.05, 3.63) is 0 Å². The van der Waals surface area contributed by atoms with Crippen LogP contribution in [0.4, 0.5) is 0 Å². The first-order valence-electron chi connectivity index (χ1n) is 10.2. The van der Waals surface area contributed by atoms with Crippen molar-refractivity contribution in [2.45, 2.75) is 97.5 Å². The molecule has 0 saturated heterocycles. The maximum absolute atomic E-state index is 11.5. The lowest BCUT2D eigenvalue weighted by Crippen LogP contribution is -2.56. The summed E-state index contributed by atoms with van der Waals surface area (Å²) < 4.78 is 0.560. The summed E-state index contributed by atoms with van der Waals surface area (Å²) in [6.07, 6.45) is 11.7. The van der Waals surface area contributed by atoms with Gasteiger partial charge in [0.1, 0.15) is 12.6 Å². The molecule has 0 rings (SSSR count). The van der Waals surface area contributed by atoms with Crippen LogP contribution in [0.25, 0.3) is 0 Å². The number of nitrogens with zero attached hydrogens (tertiary/aromatic N) is 1. The Morgan fingerprint density at radius 3 is 1.79 bits per heavy atom. The molecule has 0 saturated carbocycles. The standard InChI is InChI=1S/C20H41NO3/c1-4-7-10-11-14-19(22)17-21(18-20(23)24,15-12-8-5-2)16-13-9-6-3/h19,22H,4-18H2,1-3H3/p+1. The van der Waals surface area contributed by atoms with Crippen molar-refractivity contribution in [3.63, 3.8) is 0 Å². The van der Waals surface area contributed by atoms with Crippen LogP contribution < -0.4 is 0 Å². The van der Waals surface area contributed by atoms with Gasteiger partial charge in [0, 0.05) is 0 Å². The Morgan fingerprint density at radius 1 is 0.833 bits per heavy atom. The van der Waals surface area contributed by atoms with E-state index in [2.05, 4.69) is 20.8 Å². The maximum Gasteiger partial charge on any atom is 0.359 e. The number of unbranched alkanes of at least 4 members (excludes halogenated alkanes) is 7. The van der Waals surface area contributed by atoms with Gasteiger partial charge in [-0.05, 0) is 32.1 Å². The zero-order valence-corrected chi connectivity index (χ0v) is 16.4. The Bertz CT molecular complexity index is 297. The van der Waals surface area contributed by atoms with E-state index in [-0.39, 0.29) is 12.6 Å². The summed E-state index contributed by atoms with van der Waals surface area (Å²) in [5.74, 6) is -0.735. The number of quaternary nitrogens is 1. The second kappa shape index (κ2) is 14.7. The Balaban J connectivity index is 4.76. The lowest BCUT2D eigenvalue weighted by molar-refractivity contribution is -0.924. The van der Waals surface area contributed by atoms with Crippen molar-refractivity contribution in [1.82, 2.24) is 0 Å². The molecule has 0 aliphatic rings. The lowest BCUT2D eigenvalue weighted by atomic mass is 10.1. The molecule has 0 aromatic carbocycles. The minimum Gasteiger partial charge on any atom is -0.477 e. The number of carbonyl (C=O) groups is 1. The summed E-state index contributed by atoms with van der Waals surface area (Å²) in [7, 11) is 0. The molecule has 0 aromatic rings. The number of aliphatic carboxylic acids is 1. The summed E-state index contributed by atoms with van der Waals surface area (Å²) in [4.78, 5) is 11.5. The van der Waals surface area contributed by atoms with Crippen LogP contribution in [0.15, 0.2) is 0 Å². The second-order valence-electron chi connectivity index (χ2n) is 7.44. The molecular formula is C20H42NO3+. The van der Waals surface area contributed by atoms with Gasteiger partial charge >= 0.3 is 5.97 Å². The van der Waals surface area contributed by atoms with Gasteiger partial charge in [0.05, 0.1) is 13.1 Å². The molecule has 0 radical (unpaired) electrons. The minimum atomic E-state index is -0.735. The van der Waals surface area contributed by atoms with Crippen LogP contribution >= 0.6 is 0 Å². The molecule has 0 amide bonds. The number of carboxylic acids is 1. The first-order valence-corrected chi connectivity index (χ1v) is 10.2. The van der Waals surface area contributed by atoms with Crippen molar-refractivity contribution < 1.29 is 19.5 Å². The van der Waals surface area contributed by atoms with E-state index in [1.807, 2.05) is 0 Å². The molecule has 4 heteroatoms. The minimum absolute atomic E-state index is 0.152. The molecule has 0 aliphatic heterocycles. The number of rotatable bonds is 17. The first kappa shape index (κ1) is 23.4. The van der Waals surface area contributed by atoms with Gasteiger partial charge in [0.2, 0.25) is 0 Å². The van der Waals surface area contributed by atoms with E-state index in [9.17, 15) is 15.0 Å². The molecule has 0 fully saturated rings. The zero-order valence-electron chi connectivity index (χ0n) is 16.4. The average molecular weight is 345 g/mol. The number of hydrogen-bond donors (Lipinski definition) is 2. The van der Waals surface area contributed by atoms with Gasteiger partial charge in [0.15, 0.2) is 6.54 Å². The van der Waals surface area contributed by atoms with E-state index < -0.39 is 5.97 Å². The molecule has 144 valence electrons. The normalized spacial score (nSPS) is 13.2. The zero-order chi connectivity index (χ0) is 18.3. The van der Waals surface area contributed by atoms with Crippen LogP contribution in [0, 0.1) is 0 Å². The van der Waals surface area contributed by atoms with Crippen molar-refractivity contribution >= 4 is 5.97 Å². The first-order chi connectivity index (χ1) is 11.5. The largest absolute Gasteiger partial charge is 0.477 e. The second-order valence-corrected chi connectivity index (χ2v) is 7.44. The summed E-state index contributed by atoms with van der Waals surface area (Å²) in [6, 6.07) is 0. The predicted molar refractivity (Wildman–Crippen MR) is 101 cm³/mol. The summed E-state index contributed by atoms with van der Waals surface area (Å²) in [5, 5.41) is 19.9. The molecule has 4 nitrogen and oxygen atoms in total. The smallest absolute Gasteiger partial charge is 0.359 e. The predicted octanol–water partition coefficient (Wildman–Crippen LogP) is 4.60. The number of aliphatic hydroxyl groups excluding tert-OH is 1. The van der Waals surface area contributed by atoms with Crippen molar-refractivity contribution in [2.75, 3.05) is 26.2 Å². The van der Waals surface area contributed by atoms with Crippen LogP contribution in [0.2, 0.25) is 0 Å². The van der Waals surface area contributed by atoms with Crippen LogP contribution in [0.3, 0.4) is 0 Å². The molecule has 2 N–H and O–H groups in total. The van der Waals surface area contributed by atoms with Gasteiger partial charge < -0.3 is 14.7 Å². The highest BCUT2D eigenvalue weighted by atomic mass is 16.4. The Labute approximate surface area is 149 Å². The molecule has 0 spiro atoms. The van der Waals surface area contributed by atoms with Gasteiger partial charge in [0.25, 0.3) is 0 Å². The fourth-order valence-electron chi connectivity index (χ4n) is 3.54. The number of aliphatic hydroxyl groups is 1. The SMILES string of the molecule is CCCCCCC(O)C[N+](CCCCC)(CCCCC)CC(=O)O. The van der Waals surface area contributed by atoms with E-state index in [4.69, 9.17) is 0 Å². The Kier molecular flexibility index (Phi) is 14.3. The summed E-state index contributed by atoms with van der Waals surface area (Å²) in [6.45, 7) is 9.06. The maximum atomic E-state index is 11.5. The van der Waals surface area contributed by atoms with Crippen LogP contribution in [0.1, 0.15) is 91.4 Å². The van der Waals surface area contributed by atoms with E-state index in [1.54, 1.807) is 0 Å². The summed E-state index contributed by atoms with van der Waals surface area (Å²) in [5.41, 5.74) is 0. The lowest BCUT2D eigenvalue weighted by Gasteiger charge is -2.39. The van der Waals surface area contributed by atoms with E-state index >= 15 is 0 Å². The van der Waals surface area contributed by atoms with Gasteiger partial charge in [-0.15, -0.1) is 0 Å². The Hall–Kier alpha value is -0.610. The van der Waals surface area contributed by atoms with Crippen molar-refractivity contribution in [3.8, 4) is 0 Å².